The lowest BCUT2D eigenvalue weighted by Gasteiger charge is -2.45. The van der Waals surface area contributed by atoms with Crippen molar-refractivity contribution in [2.24, 2.45) is 17.8 Å². The summed E-state index contributed by atoms with van der Waals surface area (Å²) < 4.78 is 6.37. The Balaban J connectivity index is 1.25. The summed E-state index contributed by atoms with van der Waals surface area (Å²) in [6.07, 6.45) is 0. The van der Waals surface area contributed by atoms with Crippen molar-refractivity contribution in [1.29, 1.82) is 0 Å². The molecule has 2 bridgehead atoms. The lowest BCUT2D eigenvalue weighted by atomic mass is 9.55. The van der Waals surface area contributed by atoms with Crippen LogP contribution in [-0.2, 0) is 23.9 Å². The van der Waals surface area contributed by atoms with Crippen molar-refractivity contribution in [3.8, 4) is 0 Å². The van der Waals surface area contributed by atoms with Crippen LogP contribution in [0.15, 0.2) is 65.1 Å². The third-order valence-corrected chi connectivity index (χ3v) is 9.83. The molecular weight excluding hydrogens is 584 g/mol. The zero-order chi connectivity index (χ0) is 29.2. The fourth-order valence-corrected chi connectivity index (χ4v) is 7.41. The van der Waals surface area contributed by atoms with E-state index in [4.69, 9.17) is 4.74 Å². The van der Waals surface area contributed by atoms with E-state index in [1.807, 2.05) is 68.4 Å². The predicted octanol–water partition coefficient (Wildman–Crippen LogP) is 5.46. The monoisotopic (exact) mass is 614 g/mol. The van der Waals surface area contributed by atoms with Crippen LogP contribution >= 0.6 is 15.9 Å². The van der Waals surface area contributed by atoms with Crippen molar-refractivity contribution in [3.05, 3.63) is 98.5 Å². The van der Waals surface area contributed by atoms with Gasteiger partial charge in [-0.1, -0.05) is 78.3 Å². The van der Waals surface area contributed by atoms with Crippen LogP contribution in [-0.4, -0.2) is 41.2 Å². The number of imide groups is 1. The number of amides is 3. The summed E-state index contributed by atoms with van der Waals surface area (Å²) in [5.41, 5.74) is 6.78. The molecule has 3 aromatic rings. The molecule has 0 radical (unpaired) electrons. The number of carbonyl (C=O) groups excluding carboxylic acids is 4. The van der Waals surface area contributed by atoms with E-state index >= 15 is 0 Å². The quantitative estimate of drug-likeness (QED) is 0.294. The van der Waals surface area contributed by atoms with Gasteiger partial charge < -0.3 is 10.1 Å². The van der Waals surface area contributed by atoms with Gasteiger partial charge in [-0.15, -0.1) is 0 Å². The maximum absolute atomic E-state index is 14.1. The van der Waals surface area contributed by atoms with Gasteiger partial charge in [-0.25, -0.2) is 4.79 Å². The molecule has 0 spiro atoms. The largest absolute Gasteiger partial charge is 0.454 e. The fraction of sp³-hybridized carbons (Fsp3) is 0.333. The molecule has 4 aliphatic rings. The highest BCUT2D eigenvalue weighted by Crippen LogP contribution is 2.61. The Morgan fingerprint density at radius 2 is 1.32 bits per heavy atom. The lowest BCUT2D eigenvalue weighted by molar-refractivity contribution is -0.162. The van der Waals surface area contributed by atoms with Crippen molar-refractivity contribution in [2.45, 2.75) is 45.6 Å². The first-order valence-corrected chi connectivity index (χ1v) is 14.7. The van der Waals surface area contributed by atoms with Crippen molar-refractivity contribution in [3.63, 3.8) is 0 Å². The zero-order valence-corrected chi connectivity index (χ0v) is 24.9. The van der Waals surface area contributed by atoms with Gasteiger partial charge in [0.15, 0.2) is 6.61 Å². The molecule has 0 saturated carbocycles. The van der Waals surface area contributed by atoms with E-state index in [2.05, 4.69) is 21.2 Å². The second kappa shape index (κ2) is 10.2. The molecule has 1 aliphatic heterocycles. The Labute approximate surface area is 247 Å². The van der Waals surface area contributed by atoms with E-state index in [9.17, 15) is 19.2 Å². The van der Waals surface area contributed by atoms with E-state index in [-0.39, 0.29) is 23.7 Å². The molecule has 8 heteroatoms. The van der Waals surface area contributed by atoms with Gasteiger partial charge in [-0.3, -0.25) is 19.3 Å². The molecule has 7 nitrogen and oxygen atoms in total. The second-order valence-electron chi connectivity index (χ2n) is 11.5. The molecule has 3 atom stereocenters. The third-order valence-electron chi connectivity index (χ3n) is 8.97. The number of carbonyl (C=O) groups is 4. The minimum Gasteiger partial charge on any atom is -0.454 e. The topological polar surface area (TPSA) is 92.8 Å². The average Bonchev–Trinajstić information content (AvgIpc) is 3.22. The van der Waals surface area contributed by atoms with Crippen LogP contribution < -0.4 is 5.32 Å². The molecule has 1 heterocycles. The Morgan fingerprint density at radius 1 is 0.829 bits per heavy atom. The molecule has 7 rings (SSSR count). The molecule has 1 N–H and O–H groups in total. The number of likely N-dealkylation sites (tertiary alicyclic amines) is 1. The Hall–Kier alpha value is -3.78. The summed E-state index contributed by atoms with van der Waals surface area (Å²) in [5, 5.41) is 2.79. The van der Waals surface area contributed by atoms with Crippen molar-refractivity contribution in [2.75, 3.05) is 11.9 Å². The van der Waals surface area contributed by atoms with E-state index in [0.717, 1.165) is 42.8 Å². The number of halogens is 1. The molecule has 3 amide bonds. The van der Waals surface area contributed by atoms with Crippen LogP contribution in [0.4, 0.5) is 5.69 Å². The predicted molar refractivity (Wildman–Crippen MR) is 157 cm³/mol. The highest BCUT2D eigenvalue weighted by Gasteiger charge is 2.63. The summed E-state index contributed by atoms with van der Waals surface area (Å²) in [6.45, 7) is 6.86. The number of hydrogen-bond donors (Lipinski definition) is 1. The van der Waals surface area contributed by atoms with Crippen LogP contribution in [0.2, 0.25) is 0 Å². The molecule has 3 aliphatic carbocycles. The highest BCUT2D eigenvalue weighted by molar-refractivity contribution is 9.10. The van der Waals surface area contributed by atoms with Gasteiger partial charge in [0, 0.05) is 22.0 Å². The zero-order valence-electron chi connectivity index (χ0n) is 23.3. The molecule has 210 valence electrons. The van der Waals surface area contributed by atoms with E-state index in [1.165, 1.54) is 0 Å². The maximum Gasteiger partial charge on any atom is 0.330 e. The van der Waals surface area contributed by atoms with Crippen LogP contribution in [0, 0.1) is 31.6 Å². The number of nitrogens with zero attached hydrogens (tertiary/aromatic N) is 1. The summed E-state index contributed by atoms with van der Waals surface area (Å²) in [4.78, 5) is 55.5. The first kappa shape index (κ1) is 27.4. The number of nitrogens with one attached hydrogen (secondary N) is 1. The molecular formula is C33H31BrN2O5. The Kier molecular flexibility index (Phi) is 6.85. The summed E-state index contributed by atoms with van der Waals surface area (Å²) in [6, 6.07) is 18.5. The minimum absolute atomic E-state index is 0.258. The molecule has 1 fully saturated rings. The van der Waals surface area contributed by atoms with Crippen LogP contribution in [0.25, 0.3) is 0 Å². The average molecular weight is 616 g/mol. The summed E-state index contributed by atoms with van der Waals surface area (Å²) in [5.74, 6) is -4.05. The molecule has 1 saturated heterocycles. The second-order valence-corrected chi connectivity index (χ2v) is 12.4. The number of hydrogen-bond acceptors (Lipinski definition) is 5. The molecule has 3 aromatic carbocycles. The van der Waals surface area contributed by atoms with Crippen LogP contribution in [0.3, 0.4) is 0 Å². The summed E-state index contributed by atoms with van der Waals surface area (Å²) >= 11 is 3.48. The molecule has 0 aromatic heterocycles. The smallest absolute Gasteiger partial charge is 0.330 e. The highest BCUT2D eigenvalue weighted by atomic mass is 79.9. The van der Waals surface area contributed by atoms with Crippen LogP contribution in [0.5, 0.6) is 0 Å². The van der Waals surface area contributed by atoms with Crippen LogP contribution in [0.1, 0.15) is 59.1 Å². The lowest BCUT2D eigenvalue weighted by Crippen LogP contribution is -2.49. The third kappa shape index (κ3) is 4.22. The number of anilines is 1. The number of ether oxygens (including phenoxy) is 1. The van der Waals surface area contributed by atoms with Gasteiger partial charge in [-0.2, -0.15) is 0 Å². The van der Waals surface area contributed by atoms with Crippen molar-refractivity contribution in [1.82, 2.24) is 4.90 Å². The molecule has 0 unspecified atom stereocenters. The number of benzene rings is 3. The Morgan fingerprint density at radius 3 is 1.78 bits per heavy atom. The van der Waals surface area contributed by atoms with Gasteiger partial charge in [0.1, 0.15) is 6.04 Å². The summed E-state index contributed by atoms with van der Waals surface area (Å²) in [7, 11) is 0. The normalized spacial score (nSPS) is 22.7. The first-order chi connectivity index (χ1) is 19.6. The maximum atomic E-state index is 14.1. The van der Waals surface area contributed by atoms with Gasteiger partial charge >= 0.3 is 5.97 Å². The van der Waals surface area contributed by atoms with Crippen molar-refractivity contribution >= 4 is 45.3 Å². The van der Waals surface area contributed by atoms with Gasteiger partial charge in [0.05, 0.1) is 11.8 Å². The SMILES string of the molecule is Cc1c(Br)ccc(NC(=O)COC(=O)[C@@H](C(C)C)N2C(=O)[C@@H]3C4c5ccccc5C(c5ccccc54)[C@@H]3C2=O)c1C. The minimum atomic E-state index is -1.13. The van der Waals surface area contributed by atoms with E-state index in [1.54, 1.807) is 19.9 Å². The standard InChI is InChI=1S/C33H31BrN2O5/c1-16(2)30(33(40)41-15-25(37)35-24-14-13-23(34)17(3)18(24)4)36-31(38)28-26-19-9-5-6-10-20(19)27(29(28)32(36)39)22-12-8-7-11-21(22)26/h5-14,16,26-30H,15H2,1-4H3,(H,35,37)/t26?,27?,28-,29+,30-/m1/s1. The first-order valence-electron chi connectivity index (χ1n) is 13.9. The van der Waals surface area contributed by atoms with E-state index < -0.39 is 42.3 Å². The molecule has 41 heavy (non-hydrogen) atoms. The number of esters is 1. The number of rotatable bonds is 6. The van der Waals surface area contributed by atoms with Gasteiger partial charge in [0.2, 0.25) is 11.8 Å². The Bertz CT molecular complexity index is 1500. The fourth-order valence-electron chi connectivity index (χ4n) is 6.98. The van der Waals surface area contributed by atoms with Crippen molar-refractivity contribution < 1.29 is 23.9 Å². The van der Waals surface area contributed by atoms with Gasteiger partial charge in [-0.05, 0) is 65.3 Å². The van der Waals surface area contributed by atoms with E-state index in [0.29, 0.717) is 5.69 Å². The van der Waals surface area contributed by atoms with Gasteiger partial charge in [0.25, 0.3) is 5.91 Å².